The fraction of sp³-hybridized carbons (Fsp3) is 0.0351. The van der Waals surface area contributed by atoms with Gasteiger partial charge in [0.15, 0.2) is 5.58 Å². The normalized spacial score (nSPS) is 13.8. The summed E-state index contributed by atoms with van der Waals surface area (Å²) in [5.74, 6) is 0.336. The van der Waals surface area contributed by atoms with Crippen molar-refractivity contribution >= 4 is 55.3 Å². The topological polar surface area (TPSA) is 29.3 Å². The lowest BCUT2D eigenvalue weighted by atomic mass is 9.88. The quantitative estimate of drug-likeness (QED) is 0.154. The molecule has 1 aliphatic rings. The first-order chi connectivity index (χ1) is 29.7. The average Bonchev–Trinajstić information content (AvgIpc) is 3.69. The molecule has 60 heavy (non-hydrogen) atoms. The van der Waals surface area contributed by atoms with Crippen LogP contribution in [0.25, 0.3) is 71.8 Å². The summed E-state index contributed by atoms with van der Waals surface area (Å²) in [5.41, 5.74) is 15.6. The molecule has 0 bridgehead atoms. The van der Waals surface area contributed by atoms with Crippen molar-refractivity contribution in [1.82, 2.24) is 4.98 Å². The molecule has 10 aromatic rings. The zero-order chi connectivity index (χ0) is 39.8. The first-order valence-electron chi connectivity index (χ1n) is 20.6. The third-order valence-electron chi connectivity index (χ3n) is 11.9. The summed E-state index contributed by atoms with van der Waals surface area (Å²) >= 11 is 0. The number of furan rings is 1. The van der Waals surface area contributed by atoms with Gasteiger partial charge in [0.1, 0.15) is 5.58 Å². The highest BCUT2D eigenvalue weighted by Crippen LogP contribution is 2.40. The maximum absolute atomic E-state index is 6.25. The molecule has 0 N–H and O–H groups in total. The molecule has 1 unspecified atom stereocenters. The maximum Gasteiger partial charge on any atom is 0.153 e. The zero-order valence-electron chi connectivity index (χ0n) is 32.9. The Morgan fingerprint density at radius 2 is 0.950 bits per heavy atom. The predicted molar refractivity (Wildman–Crippen MR) is 251 cm³/mol. The van der Waals surface area contributed by atoms with Gasteiger partial charge in [-0.25, -0.2) is 0 Å². The fourth-order valence-electron chi connectivity index (χ4n) is 8.63. The van der Waals surface area contributed by atoms with Gasteiger partial charge < -0.3 is 9.32 Å². The zero-order valence-corrected chi connectivity index (χ0v) is 32.9. The molecule has 0 fully saturated rings. The number of allylic oxidation sites excluding steroid dienone is 4. The SMILES string of the molecule is C1=CC(c2ccc(N(c3ccc(-c4ccc(-c5ccccc5)cc4)cc3)c3ccc(-c4cc5c(cn4)oc4cc6ccccc6cc45)cc3)cc2)CC=C1c1ccccc1. The Hall–Kier alpha value is -7.75. The molecule has 11 rings (SSSR count). The van der Waals surface area contributed by atoms with Crippen LogP contribution in [0, 0.1) is 0 Å². The van der Waals surface area contributed by atoms with Crippen LogP contribution in [0.5, 0.6) is 0 Å². The highest BCUT2D eigenvalue weighted by molar-refractivity contribution is 6.10. The van der Waals surface area contributed by atoms with Crippen molar-refractivity contribution < 1.29 is 4.42 Å². The van der Waals surface area contributed by atoms with Crippen LogP contribution in [0.3, 0.4) is 0 Å². The average molecular weight is 769 g/mol. The minimum Gasteiger partial charge on any atom is -0.454 e. The summed E-state index contributed by atoms with van der Waals surface area (Å²) in [6, 6.07) is 71.7. The van der Waals surface area contributed by atoms with Crippen LogP contribution in [0.2, 0.25) is 0 Å². The number of hydrogen-bond donors (Lipinski definition) is 0. The Morgan fingerprint density at radius 3 is 1.55 bits per heavy atom. The van der Waals surface area contributed by atoms with Gasteiger partial charge in [-0.05, 0) is 111 Å². The van der Waals surface area contributed by atoms with Crippen LogP contribution in [0.15, 0.2) is 229 Å². The lowest BCUT2D eigenvalue weighted by Gasteiger charge is -2.26. The standard InChI is InChI=1S/C57H40N2O/c1-3-9-39(10-4-1)41-15-19-43(20-16-41)45-23-29-50(30-24-45)59(51-31-25-46(26-32-51)44-21-17-42(18-22-44)40-11-5-2-6-12-40)52-33-27-47(28-34-52)55-37-54-53-35-48-13-7-8-14-49(48)36-56(53)60-57(54)38-58-55/h1-21,23-38,44H,22H2. The van der Waals surface area contributed by atoms with Crippen molar-refractivity contribution in [2.24, 2.45) is 0 Å². The van der Waals surface area contributed by atoms with Crippen molar-refractivity contribution in [2.45, 2.75) is 12.3 Å². The first kappa shape index (κ1) is 35.4. The van der Waals surface area contributed by atoms with E-state index in [2.05, 4.69) is 223 Å². The van der Waals surface area contributed by atoms with Crippen LogP contribution >= 0.6 is 0 Å². The first-order valence-corrected chi connectivity index (χ1v) is 20.6. The second-order valence-corrected chi connectivity index (χ2v) is 15.6. The highest BCUT2D eigenvalue weighted by Gasteiger charge is 2.17. The van der Waals surface area contributed by atoms with E-state index in [9.17, 15) is 0 Å². The highest BCUT2D eigenvalue weighted by atomic mass is 16.3. The van der Waals surface area contributed by atoms with Gasteiger partial charge in [-0.1, -0.05) is 164 Å². The lowest BCUT2D eigenvalue weighted by molar-refractivity contribution is 0.667. The van der Waals surface area contributed by atoms with Crippen molar-refractivity contribution in [1.29, 1.82) is 0 Å². The molecular formula is C57H40N2O. The smallest absolute Gasteiger partial charge is 0.153 e. The van der Waals surface area contributed by atoms with Crippen LogP contribution < -0.4 is 4.90 Å². The molecule has 284 valence electrons. The molecule has 0 aliphatic heterocycles. The number of fused-ring (bicyclic) bond motifs is 4. The summed E-state index contributed by atoms with van der Waals surface area (Å²) in [6.07, 6.45) is 9.81. The van der Waals surface area contributed by atoms with Gasteiger partial charge in [0.2, 0.25) is 0 Å². The molecule has 1 atom stereocenters. The van der Waals surface area contributed by atoms with Gasteiger partial charge in [-0.3, -0.25) is 4.98 Å². The van der Waals surface area contributed by atoms with Crippen LogP contribution in [0.1, 0.15) is 23.5 Å². The summed E-state index contributed by atoms with van der Waals surface area (Å²) in [4.78, 5) is 7.19. The molecule has 0 amide bonds. The molecule has 8 aromatic carbocycles. The second kappa shape index (κ2) is 15.2. The van der Waals surface area contributed by atoms with Gasteiger partial charge in [0.25, 0.3) is 0 Å². The number of aromatic nitrogens is 1. The van der Waals surface area contributed by atoms with E-state index in [0.717, 1.165) is 56.7 Å². The molecule has 3 nitrogen and oxygen atoms in total. The third-order valence-corrected chi connectivity index (χ3v) is 11.9. The molecular weight excluding hydrogens is 729 g/mol. The lowest BCUT2D eigenvalue weighted by Crippen LogP contribution is -2.10. The van der Waals surface area contributed by atoms with E-state index < -0.39 is 0 Å². The Labute approximate surface area is 349 Å². The number of pyridine rings is 1. The second-order valence-electron chi connectivity index (χ2n) is 15.6. The van der Waals surface area contributed by atoms with Crippen molar-refractivity contribution in [3.05, 3.63) is 236 Å². The van der Waals surface area contributed by atoms with E-state index in [1.54, 1.807) is 0 Å². The monoisotopic (exact) mass is 768 g/mol. The Balaban J connectivity index is 0.912. The number of nitrogens with zero attached hydrogens (tertiary/aromatic N) is 2. The number of benzene rings is 8. The van der Waals surface area contributed by atoms with E-state index in [-0.39, 0.29) is 0 Å². The van der Waals surface area contributed by atoms with Crippen molar-refractivity contribution in [2.75, 3.05) is 4.90 Å². The summed E-state index contributed by atoms with van der Waals surface area (Å²) in [6.45, 7) is 0. The van der Waals surface area contributed by atoms with Crippen LogP contribution in [0.4, 0.5) is 17.1 Å². The van der Waals surface area contributed by atoms with Crippen molar-refractivity contribution in [3.8, 4) is 33.5 Å². The summed E-state index contributed by atoms with van der Waals surface area (Å²) in [7, 11) is 0. The number of anilines is 3. The van der Waals surface area contributed by atoms with Crippen molar-refractivity contribution in [3.63, 3.8) is 0 Å². The molecule has 0 saturated carbocycles. The molecule has 0 spiro atoms. The van der Waals surface area contributed by atoms with Gasteiger partial charge in [-0.15, -0.1) is 0 Å². The van der Waals surface area contributed by atoms with Gasteiger partial charge in [0, 0.05) is 39.3 Å². The minimum absolute atomic E-state index is 0.336. The molecule has 2 heterocycles. The van der Waals surface area contributed by atoms with E-state index in [4.69, 9.17) is 9.40 Å². The van der Waals surface area contributed by atoms with Gasteiger partial charge in [0.05, 0.1) is 11.9 Å². The third kappa shape index (κ3) is 6.76. The molecule has 0 radical (unpaired) electrons. The maximum atomic E-state index is 6.25. The Kier molecular flexibility index (Phi) is 8.98. The Bertz CT molecular complexity index is 3180. The number of hydrogen-bond acceptors (Lipinski definition) is 3. The predicted octanol–water partition coefficient (Wildman–Crippen LogP) is 15.7. The fourth-order valence-corrected chi connectivity index (χ4v) is 8.63. The van der Waals surface area contributed by atoms with E-state index in [1.165, 1.54) is 49.7 Å². The van der Waals surface area contributed by atoms with E-state index in [0.29, 0.717) is 5.92 Å². The minimum atomic E-state index is 0.336. The summed E-state index contributed by atoms with van der Waals surface area (Å²) in [5, 5.41) is 4.54. The Morgan fingerprint density at radius 1 is 0.450 bits per heavy atom. The molecule has 2 aromatic heterocycles. The van der Waals surface area contributed by atoms with E-state index >= 15 is 0 Å². The molecule has 0 saturated heterocycles. The number of rotatable bonds is 8. The van der Waals surface area contributed by atoms with Crippen LogP contribution in [-0.4, -0.2) is 4.98 Å². The largest absolute Gasteiger partial charge is 0.454 e. The molecule has 1 aliphatic carbocycles. The summed E-state index contributed by atoms with van der Waals surface area (Å²) < 4.78 is 6.25. The van der Waals surface area contributed by atoms with Gasteiger partial charge >= 0.3 is 0 Å². The molecule has 3 heteroatoms. The van der Waals surface area contributed by atoms with Gasteiger partial charge in [-0.2, -0.15) is 0 Å². The van der Waals surface area contributed by atoms with Crippen LogP contribution in [-0.2, 0) is 0 Å². The van der Waals surface area contributed by atoms with E-state index in [1.807, 2.05) is 6.20 Å².